The number of ether oxygens (including phenoxy) is 1. The molecule has 0 bridgehead atoms. The van der Waals surface area contributed by atoms with Crippen LogP contribution in [0, 0.1) is 0 Å². The van der Waals surface area contributed by atoms with Crippen LogP contribution in [0.4, 0.5) is 0 Å². The average molecular weight is 424 g/mol. The first-order valence-corrected chi connectivity index (χ1v) is 11.2. The van der Waals surface area contributed by atoms with E-state index in [9.17, 15) is 9.59 Å². The van der Waals surface area contributed by atoms with Crippen LogP contribution in [0.25, 0.3) is 11.3 Å². The third kappa shape index (κ3) is 4.62. The van der Waals surface area contributed by atoms with Crippen LogP contribution in [-0.2, 0) is 11.2 Å². The fourth-order valence-electron chi connectivity index (χ4n) is 3.85. The number of aromatic nitrogens is 2. The van der Waals surface area contributed by atoms with E-state index in [4.69, 9.17) is 9.72 Å². The van der Waals surface area contributed by atoms with Crippen molar-refractivity contribution in [2.24, 2.45) is 0 Å². The Hall–Kier alpha value is -2.93. The second-order valence-corrected chi connectivity index (χ2v) is 8.16. The van der Waals surface area contributed by atoms with Gasteiger partial charge < -0.3 is 14.6 Å². The van der Waals surface area contributed by atoms with Gasteiger partial charge in [-0.15, -0.1) is 0 Å². The molecule has 6 nitrogen and oxygen atoms in total. The number of hydrogen-bond acceptors (Lipinski definition) is 5. The van der Waals surface area contributed by atoms with Crippen molar-refractivity contribution in [3.05, 3.63) is 68.9 Å². The summed E-state index contributed by atoms with van der Waals surface area (Å²) in [6.45, 7) is 3.23. The topological polar surface area (TPSA) is 75.3 Å². The average Bonchev–Trinajstić information content (AvgIpc) is 3.30. The number of likely N-dealkylation sites (tertiary alicyclic amines) is 1. The van der Waals surface area contributed by atoms with Gasteiger partial charge in [-0.05, 0) is 55.3 Å². The van der Waals surface area contributed by atoms with Crippen LogP contribution in [0.2, 0.25) is 0 Å². The normalized spacial score (nSPS) is 16.4. The number of hydrogen-bond donors (Lipinski definition) is 1. The van der Waals surface area contributed by atoms with Gasteiger partial charge in [-0.25, -0.2) is 4.98 Å². The van der Waals surface area contributed by atoms with E-state index in [0.717, 1.165) is 36.1 Å². The van der Waals surface area contributed by atoms with Gasteiger partial charge in [-0.2, -0.15) is 11.3 Å². The van der Waals surface area contributed by atoms with E-state index in [1.807, 2.05) is 52.9 Å². The minimum absolute atomic E-state index is 0.0486. The Morgan fingerprint density at radius 3 is 2.83 bits per heavy atom. The van der Waals surface area contributed by atoms with Crippen LogP contribution in [0.3, 0.4) is 0 Å². The van der Waals surface area contributed by atoms with E-state index < -0.39 is 0 Å². The predicted molar refractivity (Wildman–Crippen MR) is 118 cm³/mol. The minimum Gasteiger partial charge on any atom is -0.494 e. The Bertz CT molecular complexity index is 1040. The number of amides is 1. The summed E-state index contributed by atoms with van der Waals surface area (Å²) in [5.41, 5.74) is 2.34. The Labute approximate surface area is 179 Å². The molecule has 7 heteroatoms. The van der Waals surface area contributed by atoms with Gasteiger partial charge in [-0.1, -0.05) is 12.1 Å². The van der Waals surface area contributed by atoms with Crippen LogP contribution in [0.5, 0.6) is 5.75 Å². The second-order valence-electron chi connectivity index (χ2n) is 7.38. The molecule has 1 aliphatic rings. The van der Waals surface area contributed by atoms with Crippen molar-refractivity contribution in [1.29, 1.82) is 0 Å². The first-order chi connectivity index (χ1) is 14.6. The fraction of sp³-hybridized carbons (Fsp3) is 0.348. The second kappa shape index (κ2) is 9.26. The lowest BCUT2D eigenvalue weighted by Crippen LogP contribution is -2.40. The highest BCUT2D eigenvalue weighted by Crippen LogP contribution is 2.30. The van der Waals surface area contributed by atoms with Crippen molar-refractivity contribution in [3.63, 3.8) is 0 Å². The lowest BCUT2D eigenvalue weighted by Gasteiger charge is -2.35. The van der Waals surface area contributed by atoms with E-state index in [-0.39, 0.29) is 17.5 Å². The van der Waals surface area contributed by atoms with Crippen molar-refractivity contribution >= 4 is 17.2 Å². The molecule has 156 valence electrons. The molecule has 0 unspecified atom stereocenters. The summed E-state index contributed by atoms with van der Waals surface area (Å²) in [5.74, 6) is 1.42. The molecule has 30 heavy (non-hydrogen) atoms. The van der Waals surface area contributed by atoms with Gasteiger partial charge in [0, 0.05) is 23.6 Å². The maximum Gasteiger partial charge on any atom is 0.251 e. The third-order valence-electron chi connectivity index (χ3n) is 5.31. The number of carbonyl (C=O) groups is 1. The molecule has 1 amide bonds. The SMILES string of the molecule is CCOc1ccc(CC(=O)N2CCCC[C@@H]2c2nc(-c3ccsc3)cc(=O)[nH]2)cc1. The molecule has 1 N–H and O–H groups in total. The van der Waals surface area contributed by atoms with Gasteiger partial charge in [0.25, 0.3) is 5.56 Å². The summed E-state index contributed by atoms with van der Waals surface area (Å²) in [5, 5.41) is 3.94. The first-order valence-electron chi connectivity index (χ1n) is 10.3. The Balaban J connectivity index is 1.55. The summed E-state index contributed by atoms with van der Waals surface area (Å²) in [4.78, 5) is 34.9. The molecule has 1 fully saturated rings. The van der Waals surface area contributed by atoms with Gasteiger partial charge >= 0.3 is 0 Å². The van der Waals surface area contributed by atoms with E-state index in [0.29, 0.717) is 31.1 Å². The number of nitrogens with one attached hydrogen (secondary N) is 1. The molecule has 1 aliphatic heterocycles. The quantitative estimate of drug-likeness (QED) is 0.645. The summed E-state index contributed by atoms with van der Waals surface area (Å²) < 4.78 is 5.47. The number of nitrogens with zero attached hydrogens (tertiary/aromatic N) is 2. The zero-order valence-corrected chi connectivity index (χ0v) is 17.8. The molecule has 1 aromatic carbocycles. The summed E-state index contributed by atoms with van der Waals surface area (Å²) >= 11 is 1.57. The number of carbonyl (C=O) groups excluding carboxylic acids is 1. The van der Waals surface area contributed by atoms with Crippen molar-refractivity contribution in [2.75, 3.05) is 13.2 Å². The zero-order valence-electron chi connectivity index (χ0n) is 17.0. The van der Waals surface area contributed by atoms with Crippen molar-refractivity contribution in [3.8, 4) is 17.0 Å². The molecule has 2 aromatic heterocycles. The van der Waals surface area contributed by atoms with Gasteiger partial charge in [-0.3, -0.25) is 9.59 Å². The van der Waals surface area contributed by atoms with Gasteiger partial charge in [0.05, 0.1) is 24.8 Å². The monoisotopic (exact) mass is 423 g/mol. The molecule has 3 aromatic rings. The number of H-pyrrole nitrogens is 1. The van der Waals surface area contributed by atoms with Crippen LogP contribution in [0.1, 0.15) is 43.6 Å². The molecule has 0 spiro atoms. The Morgan fingerprint density at radius 1 is 1.27 bits per heavy atom. The predicted octanol–water partition coefficient (Wildman–Crippen LogP) is 4.19. The van der Waals surface area contributed by atoms with Crippen molar-refractivity contribution in [2.45, 2.75) is 38.6 Å². The number of aromatic amines is 1. The smallest absolute Gasteiger partial charge is 0.251 e. The van der Waals surface area contributed by atoms with E-state index >= 15 is 0 Å². The zero-order chi connectivity index (χ0) is 20.9. The number of benzene rings is 1. The van der Waals surface area contributed by atoms with E-state index in [1.54, 1.807) is 11.3 Å². The fourth-order valence-corrected chi connectivity index (χ4v) is 4.50. The lowest BCUT2D eigenvalue weighted by atomic mass is 9.99. The molecule has 0 saturated carbocycles. The molecular formula is C23H25N3O3S. The standard InChI is InChI=1S/C23H25N3O3S/c1-2-29-18-8-6-16(7-9-18)13-22(28)26-11-4-3-5-20(26)23-24-19(14-21(27)25-23)17-10-12-30-15-17/h6-10,12,14-15,20H,2-5,11,13H2,1H3,(H,24,25,27)/t20-/m1/s1. The third-order valence-corrected chi connectivity index (χ3v) is 5.99. The highest BCUT2D eigenvalue weighted by molar-refractivity contribution is 7.08. The van der Waals surface area contributed by atoms with E-state index in [2.05, 4.69) is 4.98 Å². The summed E-state index contributed by atoms with van der Waals surface area (Å²) in [7, 11) is 0. The highest BCUT2D eigenvalue weighted by atomic mass is 32.1. The van der Waals surface area contributed by atoms with Crippen molar-refractivity contribution in [1.82, 2.24) is 14.9 Å². The first kappa shape index (κ1) is 20.3. The molecule has 0 radical (unpaired) electrons. The molecule has 1 atom stereocenters. The van der Waals surface area contributed by atoms with Gasteiger partial charge in [0.15, 0.2) is 0 Å². The molecular weight excluding hydrogens is 398 g/mol. The maximum atomic E-state index is 13.1. The largest absolute Gasteiger partial charge is 0.494 e. The highest BCUT2D eigenvalue weighted by Gasteiger charge is 2.30. The number of rotatable bonds is 6. The van der Waals surface area contributed by atoms with Gasteiger partial charge in [0.1, 0.15) is 11.6 Å². The Kier molecular flexibility index (Phi) is 6.28. The lowest BCUT2D eigenvalue weighted by molar-refractivity contribution is -0.134. The van der Waals surface area contributed by atoms with Gasteiger partial charge in [0.2, 0.25) is 5.91 Å². The van der Waals surface area contributed by atoms with Crippen LogP contribution in [-0.4, -0.2) is 33.9 Å². The minimum atomic E-state index is -0.208. The maximum absolute atomic E-state index is 13.1. The number of thiophene rings is 1. The Morgan fingerprint density at radius 2 is 2.10 bits per heavy atom. The molecule has 3 heterocycles. The van der Waals surface area contributed by atoms with Crippen LogP contribution in [0.15, 0.2) is 52.0 Å². The molecule has 4 rings (SSSR count). The summed E-state index contributed by atoms with van der Waals surface area (Å²) in [6, 6.07) is 10.9. The van der Waals surface area contributed by atoms with Crippen LogP contribution >= 0.6 is 11.3 Å². The molecule has 1 saturated heterocycles. The van der Waals surface area contributed by atoms with Crippen molar-refractivity contribution < 1.29 is 9.53 Å². The number of piperidine rings is 1. The van der Waals surface area contributed by atoms with E-state index in [1.165, 1.54) is 6.07 Å². The molecule has 0 aliphatic carbocycles. The van der Waals surface area contributed by atoms with Crippen LogP contribution < -0.4 is 10.3 Å². The summed E-state index contributed by atoms with van der Waals surface area (Å²) in [6.07, 6.45) is 3.08.